The minimum Gasteiger partial charge on any atom is -0.492 e. The lowest BCUT2D eigenvalue weighted by Crippen LogP contribution is -2.32. The van der Waals surface area contributed by atoms with Gasteiger partial charge in [-0.25, -0.2) is 0 Å². The molecule has 0 spiro atoms. The number of azo groups is 1. The highest BCUT2D eigenvalue weighted by molar-refractivity contribution is 8.00. The number of thioether (sulfide) groups is 1. The van der Waals surface area contributed by atoms with Gasteiger partial charge >= 0.3 is 0 Å². The number of rotatable bonds is 9. The second-order valence-corrected chi connectivity index (χ2v) is 8.94. The Hall–Kier alpha value is -2.27. The maximum Gasteiger partial charge on any atom is 0.296 e. The van der Waals surface area contributed by atoms with Crippen LogP contribution in [0.5, 0.6) is 5.75 Å². The highest BCUT2D eigenvalue weighted by Crippen LogP contribution is 2.39. The van der Waals surface area contributed by atoms with Crippen LogP contribution in [0.25, 0.3) is 0 Å². The fraction of sp³-hybridized carbons (Fsp3) is 0.438. The highest BCUT2D eigenvalue weighted by atomic mass is 32.2. The molecule has 1 unspecified atom stereocenters. The van der Waals surface area contributed by atoms with E-state index in [9.17, 15) is 18.2 Å². The second kappa shape index (κ2) is 9.97. The Balaban J connectivity index is 2.64. The van der Waals surface area contributed by atoms with Crippen molar-refractivity contribution in [3.05, 3.63) is 12.1 Å². The molecule has 0 fully saturated rings. The Morgan fingerprint density at radius 3 is 2.62 bits per heavy atom. The smallest absolute Gasteiger partial charge is 0.296 e. The molecule has 0 saturated carbocycles. The lowest BCUT2D eigenvalue weighted by Gasteiger charge is -2.28. The van der Waals surface area contributed by atoms with Crippen LogP contribution in [0.1, 0.15) is 20.8 Å². The van der Waals surface area contributed by atoms with E-state index in [2.05, 4.69) is 26.5 Å². The molecule has 156 valence electrons. The molecular weight excluding hydrogens is 436 g/mol. The first-order valence-corrected chi connectivity index (χ1v) is 12.0. The van der Waals surface area contributed by atoms with E-state index in [-0.39, 0.29) is 10.8 Å². The molecule has 0 bridgehead atoms. The summed E-state index contributed by atoms with van der Waals surface area (Å²) >= 11 is 2.59. The van der Waals surface area contributed by atoms with Crippen LogP contribution in [0.3, 0.4) is 0 Å². The molecule has 1 N–H and O–H groups in total. The fourth-order valence-electron chi connectivity index (χ4n) is 2.46. The summed E-state index contributed by atoms with van der Waals surface area (Å²) in [6.07, 6.45) is 1.84. The van der Waals surface area contributed by atoms with Crippen molar-refractivity contribution in [2.45, 2.75) is 36.0 Å². The lowest BCUT2D eigenvalue weighted by atomic mass is 10.2. The SMILES string of the molecule is CCOc1cc(N=Nc2nnc(SC)s2)c(S(=O)(=O)O)cc1N(CC)C(C)C#N. The number of hydrogen-bond acceptors (Lipinski definition) is 11. The zero-order chi connectivity index (χ0) is 21.6. The minimum absolute atomic E-state index is 0.110. The van der Waals surface area contributed by atoms with E-state index >= 15 is 0 Å². The summed E-state index contributed by atoms with van der Waals surface area (Å²) in [6, 6.07) is 4.17. The first-order chi connectivity index (χ1) is 13.7. The molecule has 29 heavy (non-hydrogen) atoms. The highest BCUT2D eigenvalue weighted by Gasteiger charge is 2.24. The first kappa shape index (κ1) is 23.0. The van der Waals surface area contributed by atoms with E-state index in [0.29, 0.717) is 28.9 Å². The first-order valence-electron chi connectivity index (χ1n) is 8.48. The molecule has 0 aliphatic rings. The van der Waals surface area contributed by atoms with Gasteiger partial charge in [0.05, 0.1) is 18.4 Å². The number of nitrogens with zero attached hydrogens (tertiary/aromatic N) is 6. The molecule has 0 amide bonds. The quantitative estimate of drug-likeness (QED) is 0.336. The summed E-state index contributed by atoms with van der Waals surface area (Å²) in [7, 11) is -4.62. The Labute approximate surface area is 177 Å². The van der Waals surface area contributed by atoms with Gasteiger partial charge in [0.1, 0.15) is 22.4 Å². The van der Waals surface area contributed by atoms with Gasteiger partial charge in [-0.2, -0.15) is 13.7 Å². The molecule has 10 nitrogen and oxygen atoms in total. The molecule has 1 aromatic carbocycles. The summed E-state index contributed by atoms with van der Waals surface area (Å²) in [5.74, 6) is 0.319. The maximum absolute atomic E-state index is 12.0. The van der Waals surface area contributed by atoms with E-state index in [1.54, 1.807) is 18.7 Å². The Bertz CT molecular complexity index is 1030. The van der Waals surface area contributed by atoms with Crippen molar-refractivity contribution in [2.75, 3.05) is 24.3 Å². The van der Waals surface area contributed by atoms with Crippen LogP contribution in [0.4, 0.5) is 16.5 Å². The summed E-state index contributed by atoms with van der Waals surface area (Å²) in [5, 5.41) is 25.1. The van der Waals surface area contributed by atoms with Crippen molar-refractivity contribution in [2.24, 2.45) is 10.2 Å². The molecule has 1 heterocycles. The van der Waals surface area contributed by atoms with Gasteiger partial charge in [0.2, 0.25) is 0 Å². The molecule has 13 heteroatoms. The average Bonchev–Trinajstić information content (AvgIpc) is 3.15. The van der Waals surface area contributed by atoms with Crippen molar-refractivity contribution in [3.63, 3.8) is 0 Å². The van der Waals surface area contributed by atoms with Gasteiger partial charge < -0.3 is 9.64 Å². The predicted molar refractivity (Wildman–Crippen MR) is 111 cm³/mol. The van der Waals surface area contributed by atoms with Gasteiger partial charge in [-0.1, -0.05) is 23.1 Å². The van der Waals surface area contributed by atoms with Crippen LogP contribution in [0, 0.1) is 11.3 Å². The van der Waals surface area contributed by atoms with Crippen LogP contribution >= 0.6 is 23.1 Å². The number of aromatic nitrogens is 2. The van der Waals surface area contributed by atoms with Crippen molar-refractivity contribution in [1.82, 2.24) is 10.2 Å². The topological polar surface area (TPSA) is 141 Å². The van der Waals surface area contributed by atoms with Crippen molar-refractivity contribution in [3.8, 4) is 11.8 Å². The molecule has 0 radical (unpaired) electrons. The van der Waals surface area contributed by atoms with Gasteiger partial charge in [0, 0.05) is 12.6 Å². The summed E-state index contributed by atoms with van der Waals surface area (Å²) < 4.78 is 40.0. The minimum atomic E-state index is -4.62. The van der Waals surface area contributed by atoms with E-state index in [1.165, 1.54) is 35.2 Å². The van der Waals surface area contributed by atoms with Gasteiger partial charge in [-0.15, -0.1) is 20.4 Å². The van der Waals surface area contributed by atoms with E-state index in [0.717, 1.165) is 0 Å². The predicted octanol–water partition coefficient (Wildman–Crippen LogP) is 4.06. The van der Waals surface area contributed by atoms with E-state index in [1.807, 2.05) is 13.2 Å². The van der Waals surface area contributed by atoms with Gasteiger partial charge in [0.15, 0.2) is 4.34 Å². The van der Waals surface area contributed by atoms with Gasteiger partial charge in [0.25, 0.3) is 15.2 Å². The zero-order valence-corrected chi connectivity index (χ0v) is 18.7. The molecule has 2 aromatic rings. The second-order valence-electron chi connectivity index (χ2n) is 5.54. The molecule has 0 saturated heterocycles. The molecule has 0 aliphatic heterocycles. The van der Waals surface area contributed by atoms with E-state index < -0.39 is 21.1 Å². The average molecular weight is 457 g/mol. The number of benzene rings is 1. The van der Waals surface area contributed by atoms with Crippen LogP contribution in [0.2, 0.25) is 0 Å². The van der Waals surface area contributed by atoms with Crippen LogP contribution in [-0.2, 0) is 10.1 Å². The van der Waals surface area contributed by atoms with Crippen molar-refractivity contribution in [1.29, 1.82) is 5.26 Å². The molecular formula is C16H20N6O4S3. The molecule has 1 aromatic heterocycles. The Morgan fingerprint density at radius 2 is 2.10 bits per heavy atom. The molecule has 2 rings (SSSR count). The number of ether oxygens (including phenoxy) is 1. The van der Waals surface area contributed by atoms with Crippen LogP contribution in [0.15, 0.2) is 31.6 Å². The van der Waals surface area contributed by atoms with Gasteiger partial charge in [-0.05, 0) is 33.1 Å². The summed E-state index contributed by atoms with van der Waals surface area (Å²) in [4.78, 5) is 1.22. The lowest BCUT2D eigenvalue weighted by molar-refractivity contribution is 0.340. The van der Waals surface area contributed by atoms with Gasteiger partial charge in [-0.3, -0.25) is 4.55 Å². The standard InChI is InChI=1S/C16H20N6O4S3/c1-5-22(10(3)9-17)12-8-14(29(23,24)25)11(7-13(12)26-6-2)18-19-15-20-21-16(27-4)28-15/h7-8,10H,5-6H2,1-4H3,(H,23,24,25). The molecule has 1 atom stereocenters. The fourth-order valence-corrected chi connectivity index (χ4v) is 4.17. The van der Waals surface area contributed by atoms with Crippen molar-refractivity contribution >= 4 is 49.7 Å². The number of hydrogen-bond donors (Lipinski definition) is 1. The van der Waals surface area contributed by atoms with Crippen LogP contribution < -0.4 is 9.64 Å². The van der Waals surface area contributed by atoms with E-state index in [4.69, 9.17) is 4.74 Å². The van der Waals surface area contributed by atoms with Crippen molar-refractivity contribution < 1.29 is 17.7 Å². The number of nitriles is 1. The Morgan fingerprint density at radius 1 is 1.38 bits per heavy atom. The summed E-state index contributed by atoms with van der Waals surface area (Å²) in [5.41, 5.74) is 0.247. The summed E-state index contributed by atoms with van der Waals surface area (Å²) in [6.45, 7) is 6.00. The molecule has 0 aliphatic carbocycles. The third kappa shape index (κ3) is 5.63. The maximum atomic E-state index is 12.0. The van der Waals surface area contributed by atoms with Crippen LogP contribution in [-0.4, -0.2) is 48.6 Å². The third-order valence-corrected chi connectivity index (χ3v) is 6.40. The Kier molecular flexibility index (Phi) is 7.91. The zero-order valence-electron chi connectivity index (χ0n) is 16.2. The third-order valence-electron chi connectivity index (χ3n) is 3.74. The monoisotopic (exact) mass is 456 g/mol. The number of anilines is 1. The largest absolute Gasteiger partial charge is 0.492 e. The normalized spacial score (nSPS) is 12.7.